The van der Waals surface area contributed by atoms with E-state index in [1.54, 1.807) is 17.8 Å². The first-order chi connectivity index (χ1) is 16.0. The SMILES string of the molecule is Cc1cc(C)nc(SCc2nc3cc(NC(=O)[C@@H]4COc5ccccc5O4)ccc3n2C)n1. The van der Waals surface area contributed by atoms with Gasteiger partial charge in [0.2, 0.25) is 6.10 Å². The minimum absolute atomic E-state index is 0.163. The quantitative estimate of drug-likeness (QED) is 0.354. The second-order valence-corrected chi connectivity index (χ2v) is 8.81. The molecule has 168 valence electrons. The second-order valence-electron chi connectivity index (χ2n) is 7.87. The monoisotopic (exact) mass is 461 g/mol. The van der Waals surface area contributed by atoms with Crippen molar-refractivity contribution in [1.82, 2.24) is 19.5 Å². The molecule has 1 aliphatic rings. The Hall–Kier alpha value is -3.59. The van der Waals surface area contributed by atoms with Gasteiger partial charge in [0.25, 0.3) is 5.91 Å². The number of nitrogens with zero attached hydrogens (tertiary/aromatic N) is 4. The Morgan fingerprint density at radius 1 is 1.09 bits per heavy atom. The number of nitrogens with one attached hydrogen (secondary N) is 1. The van der Waals surface area contributed by atoms with Gasteiger partial charge in [-0.1, -0.05) is 23.9 Å². The van der Waals surface area contributed by atoms with E-state index in [0.29, 0.717) is 22.9 Å². The summed E-state index contributed by atoms with van der Waals surface area (Å²) in [5.74, 6) is 2.50. The first-order valence-corrected chi connectivity index (χ1v) is 11.5. The number of aryl methyl sites for hydroxylation is 3. The molecule has 3 heterocycles. The summed E-state index contributed by atoms with van der Waals surface area (Å²) in [6.07, 6.45) is -0.718. The van der Waals surface area contributed by atoms with Gasteiger partial charge in [0.15, 0.2) is 16.7 Å². The molecule has 33 heavy (non-hydrogen) atoms. The minimum atomic E-state index is -0.718. The number of ether oxygens (including phenoxy) is 2. The molecule has 1 N–H and O–H groups in total. The van der Waals surface area contributed by atoms with E-state index in [-0.39, 0.29) is 12.5 Å². The number of amides is 1. The molecule has 4 aromatic rings. The predicted octanol–water partition coefficient (Wildman–Crippen LogP) is 4.05. The van der Waals surface area contributed by atoms with Gasteiger partial charge in [-0.2, -0.15) is 0 Å². The highest BCUT2D eigenvalue weighted by Crippen LogP contribution is 2.31. The maximum atomic E-state index is 12.7. The topological polar surface area (TPSA) is 91.2 Å². The number of anilines is 1. The average molecular weight is 462 g/mol. The average Bonchev–Trinajstić information content (AvgIpc) is 3.11. The van der Waals surface area contributed by atoms with Gasteiger partial charge in [-0.25, -0.2) is 15.0 Å². The number of benzene rings is 2. The smallest absolute Gasteiger partial charge is 0.269 e. The van der Waals surface area contributed by atoms with Crippen LogP contribution in [0, 0.1) is 13.8 Å². The molecule has 1 aliphatic heterocycles. The molecule has 0 unspecified atom stereocenters. The summed E-state index contributed by atoms with van der Waals surface area (Å²) < 4.78 is 13.5. The summed E-state index contributed by atoms with van der Waals surface area (Å²) in [7, 11) is 1.98. The molecular weight excluding hydrogens is 438 g/mol. The van der Waals surface area contributed by atoms with Gasteiger partial charge in [-0.3, -0.25) is 4.79 Å². The molecule has 1 amide bonds. The van der Waals surface area contributed by atoms with Crippen LogP contribution in [0.5, 0.6) is 11.5 Å². The number of hydrogen-bond donors (Lipinski definition) is 1. The highest BCUT2D eigenvalue weighted by atomic mass is 32.2. The number of para-hydroxylation sites is 2. The van der Waals surface area contributed by atoms with Crippen LogP contribution < -0.4 is 14.8 Å². The molecule has 0 spiro atoms. The van der Waals surface area contributed by atoms with E-state index in [4.69, 9.17) is 14.5 Å². The lowest BCUT2D eigenvalue weighted by atomic mass is 10.2. The first kappa shape index (κ1) is 21.3. The van der Waals surface area contributed by atoms with Crippen molar-refractivity contribution in [3.8, 4) is 11.5 Å². The van der Waals surface area contributed by atoms with Crippen molar-refractivity contribution >= 4 is 34.4 Å². The van der Waals surface area contributed by atoms with Crippen molar-refractivity contribution in [1.29, 1.82) is 0 Å². The van der Waals surface area contributed by atoms with Gasteiger partial charge in [0.1, 0.15) is 12.4 Å². The Morgan fingerprint density at radius 3 is 2.64 bits per heavy atom. The van der Waals surface area contributed by atoms with E-state index in [1.807, 2.05) is 67.9 Å². The van der Waals surface area contributed by atoms with Crippen molar-refractivity contribution in [2.75, 3.05) is 11.9 Å². The summed E-state index contributed by atoms with van der Waals surface area (Å²) in [5.41, 5.74) is 4.34. The maximum Gasteiger partial charge on any atom is 0.269 e. The first-order valence-electron chi connectivity index (χ1n) is 10.6. The van der Waals surface area contributed by atoms with Crippen LogP contribution in [0.15, 0.2) is 53.7 Å². The van der Waals surface area contributed by atoms with Crippen molar-refractivity contribution in [2.24, 2.45) is 7.05 Å². The second kappa shape index (κ2) is 8.74. The van der Waals surface area contributed by atoms with Gasteiger partial charge in [0.05, 0.1) is 16.8 Å². The highest BCUT2D eigenvalue weighted by molar-refractivity contribution is 7.98. The van der Waals surface area contributed by atoms with E-state index < -0.39 is 6.10 Å². The molecule has 5 rings (SSSR count). The number of carbonyl (C=O) groups is 1. The summed E-state index contributed by atoms with van der Waals surface area (Å²) in [5, 5.41) is 3.65. The fourth-order valence-corrected chi connectivity index (χ4v) is 4.65. The molecular formula is C24H23N5O3S. The summed E-state index contributed by atoms with van der Waals surface area (Å²) in [4.78, 5) is 26.5. The molecule has 0 radical (unpaired) electrons. The predicted molar refractivity (Wildman–Crippen MR) is 127 cm³/mol. The zero-order valence-electron chi connectivity index (χ0n) is 18.5. The number of carbonyl (C=O) groups excluding carboxylic acids is 1. The van der Waals surface area contributed by atoms with Gasteiger partial charge in [-0.15, -0.1) is 0 Å². The third-order valence-electron chi connectivity index (χ3n) is 5.33. The van der Waals surface area contributed by atoms with E-state index in [0.717, 1.165) is 33.4 Å². The summed E-state index contributed by atoms with van der Waals surface area (Å²) in [6, 6.07) is 15.0. The van der Waals surface area contributed by atoms with Crippen molar-refractivity contribution in [2.45, 2.75) is 30.9 Å². The molecule has 9 heteroatoms. The molecule has 0 aliphatic carbocycles. The van der Waals surface area contributed by atoms with E-state index >= 15 is 0 Å². The number of rotatable bonds is 5. The summed E-state index contributed by atoms with van der Waals surface area (Å²) >= 11 is 1.55. The van der Waals surface area contributed by atoms with E-state index in [1.165, 1.54) is 0 Å². The molecule has 0 saturated carbocycles. The standard InChI is InChI=1S/C24H23N5O3S/c1-14-10-15(2)26-24(25-14)33-13-22-28-17-11-16(8-9-18(17)29(22)3)27-23(30)21-12-31-19-6-4-5-7-20(19)32-21/h4-11,21H,12-13H2,1-3H3,(H,27,30)/t21-/m0/s1. The number of thioether (sulfide) groups is 1. The minimum Gasteiger partial charge on any atom is -0.485 e. The Morgan fingerprint density at radius 2 is 1.85 bits per heavy atom. The van der Waals surface area contributed by atoms with Gasteiger partial charge in [0, 0.05) is 24.1 Å². The molecule has 8 nitrogen and oxygen atoms in total. The van der Waals surface area contributed by atoms with Gasteiger partial charge < -0.3 is 19.4 Å². The molecule has 0 fully saturated rings. The van der Waals surface area contributed by atoms with Gasteiger partial charge in [-0.05, 0) is 50.2 Å². The van der Waals surface area contributed by atoms with Crippen LogP contribution in [0.4, 0.5) is 5.69 Å². The Labute approximate surface area is 195 Å². The fraction of sp³-hybridized carbons (Fsp3) is 0.250. The van der Waals surface area contributed by atoms with Crippen LogP contribution in [0.1, 0.15) is 17.2 Å². The van der Waals surface area contributed by atoms with E-state index in [9.17, 15) is 4.79 Å². The van der Waals surface area contributed by atoms with Crippen molar-refractivity contribution < 1.29 is 14.3 Å². The normalized spacial score (nSPS) is 14.9. The number of imidazole rings is 1. The molecule has 0 bridgehead atoms. The highest BCUT2D eigenvalue weighted by Gasteiger charge is 2.27. The Balaban J connectivity index is 1.29. The van der Waals surface area contributed by atoms with Crippen LogP contribution in [-0.4, -0.2) is 38.1 Å². The van der Waals surface area contributed by atoms with Crippen LogP contribution in [0.3, 0.4) is 0 Å². The zero-order chi connectivity index (χ0) is 22.9. The Bertz CT molecular complexity index is 1330. The number of hydrogen-bond acceptors (Lipinski definition) is 7. The fourth-order valence-electron chi connectivity index (χ4n) is 3.72. The third kappa shape index (κ3) is 4.49. The van der Waals surface area contributed by atoms with Gasteiger partial charge >= 0.3 is 0 Å². The third-order valence-corrected chi connectivity index (χ3v) is 6.18. The lowest BCUT2D eigenvalue weighted by Crippen LogP contribution is -2.40. The summed E-state index contributed by atoms with van der Waals surface area (Å²) in [6.45, 7) is 4.09. The zero-order valence-corrected chi connectivity index (χ0v) is 19.3. The molecule has 2 aromatic heterocycles. The van der Waals surface area contributed by atoms with E-state index in [2.05, 4.69) is 15.3 Å². The largest absolute Gasteiger partial charge is 0.485 e. The maximum absolute atomic E-state index is 12.7. The molecule has 2 aromatic carbocycles. The lowest BCUT2D eigenvalue weighted by molar-refractivity contribution is -0.125. The van der Waals surface area contributed by atoms with Crippen LogP contribution in [0.25, 0.3) is 11.0 Å². The number of aromatic nitrogens is 4. The Kier molecular flexibility index (Phi) is 5.63. The van der Waals surface area contributed by atoms with Crippen LogP contribution in [0.2, 0.25) is 0 Å². The lowest BCUT2D eigenvalue weighted by Gasteiger charge is -2.25. The molecule has 0 saturated heterocycles. The van der Waals surface area contributed by atoms with Crippen molar-refractivity contribution in [3.63, 3.8) is 0 Å². The molecule has 1 atom stereocenters. The van der Waals surface area contributed by atoms with Crippen LogP contribution >= 0.6 is 11.8 Å². The van der Waals surface area contributed by atoms with Crippen molar-refractivity contribution in [3.05, 3.63) is 65.7 Å². The number of fused-ring (bicyclic) bond motifs is 2. The van der Waals surface area contributed by atoms with Crippen LogP contribution in [-0.2, 0) is 17.6 Å².